The van der Waals surface area contributed by atoms with E-state index in [4.69, 9.17) is 14.2 Å². The van der Waals surface area contributed by atoms with Crippen LogP contribution in [0.1, 0.15) is 33.5 Å². The van der Waals surface area contributed by atoms with Crippen LogP contribution in [-0.2, 0) is 28.8 Å². The minimum Gasteiger partial charge on any atom is -0.493 e. The van der Waals surface area contributed by atoms with Crippen LogP contribution in [0.25, 0.3) is 0 Å². The number of carbonyl (C=O) groups excluding carboxylic acids is 2. The first-order chi connectivity index (χ1) is 17.0. The molecule has 1 aliphatic carbocycles. The normalized spacial score (nSPS) is 13.7. The zero-order valence-electron chi connectivity index (χ0n) is 20.3. The fraction of sp³-hybridized carbons (Fsp3) is 0.310. The van der Waals surface area contributed by atoms with Gasteiger partial charge >= 0.3 is 5.97 Å². The molecule has 0 heterocycles. The van der Waals surface area contributed by atoms with Gasteiger partial charge in [0.1, 0.15) is 0 Å². The van der Waals surface area contributed by atoms with E-state index in [1.165, 1.54) is 17.6 Å². The van der Waals surface area contributed by atoms with Gasteiger partial charge in [0.05, 0.1) is 26.2 Å². The average molecular weight is 491 g/mol. The molecule has 0 spiro atoms. The Morgan fingerprint density at radius 3 is 2.31 bits per heavy atom. The van der Waals surface area contributed by atoms with Crippen molar-refractivity contribution in [3.05, 3.63) is 89.0 Å². The number of Topliss-reactive ketones (excluding diaryl/α,β-unsaturated/α-hetero) is 1. The van der Waals surface area contributed by atoms with Crippen LogP contribution in [0.15, 0.2) is 71.6 Å². The number of methoxy groups -OCH3 is 2. The molecule has 6 heteroatoms. The molecule has 0 saturated carbocycles. The van der Waals surface area contributed by atoms with Gasteiger partial charge in [0.2, 0.25) is 0 Å². The van der Waals surface area contributed by atoms with Crippen LogP contribution in [0.3, 0.4) is 0 Å². The number of hydrogen-bond acceptors (Lipinski definition) is 6. The van der Waals surface area contributed by atoms with Gasteiger partial charge in [0.15, 0.2) is 17.3 Å². The lowest BCUT2D eigenvalue weighted by molar-refractivity contribution is -0.152. The van der Waals surface area contributed by atoms with Gasteiger partial charge in [-0.15, -0.1) is 11.8 Å². The highest BCUT2D eigenvalue weighted by atomic mass is 32.2. The Labute approximate surface area is 210 Å². The monoisotopic (exact) mass is 490 g/mol. The van der Waals surface area contributed by atoms with Crippen molar-refractivity contribution in [2.45, 2.75) is 30.6 Å². The van der Waals surface area contributed by atoms with E-state index in [1.807, 2.05) is 30.3 Å². The molecule has 0 bridgehead atoms. The molecule has 3 aromatic carbocycles. The maximum absolute atomic E-state index is 13.4. The van der Waals surface area contributed by atoms with Crippen molar-refractivity contribution < 1.29 is 23.8 Å². The van der Waals surface area contributed by atoms with Crippen molar-refractivity contribution in [1.29, 1.82) is 0 Å². The lowest BCUT2D eigenvalue weighted by Crippen LogP contribution is -2.35. The summed E-state index contributed by atoms with van der Waals surface area (Å²) in [6.45, 7) is 0.452. The van der Waals surface area contributed by atoms with Crippen LogP contribution in [0.5, 0.6) is 11.5 Å². The molecular formula is C29H30O5S. The fourth-order valence-electron chi connectivity index (χ4n) is 4.73. The molecule has 0 fully saturated rings. The maximum atomic E-state index is 13.4. The molecule has 3 aromatic rings. The van der Waals surface area contributed by atoms with Gasteiger partial charge in [-0.25, -0.2) is 0 Å². The van der Waals surface area contributed by atoms with Crippen molar-refractivity contribution in [3.63, 3.8) is 0 Å². The highest BCUT2D eigenvalue weighted by Gasteiger charge is 2.46. The molecule has 35 heavy (non-hydrogen) atoms. The number of rotatable bonds is 10. The fourth-order valence-corrected chi connectivity index (χ4v) is 5.22. The number of thioether (sulfide) groups is 1. The largest absolute Gasteiger partial charge is 0.493 e. The molecule has 0 unspecified atom stereocenters. The highest BCUT2D eigenvalue weighted by molar-refractivity contribution is 7.98. The second-order valence-electron chi connectivity index (χ2n) is 8.81. The summed E-state index contributed by atoms with van der Waals surface area (Å²) in [6.07, 6.45) is 3.85. The Morgan fingerprint density at radius 2 is 1.66 bits per heavy atom. The summed E-state index contributed by atoms with van der Waals surface area (Å²) < 4.78 is 16.6. The summed E-state index contributed by atoms with van der Waals surface area (Å²) >= 11 is 1.70. The molecule has 0 aliphatic heterocycles. The number of esters is 1. The minimum absolute atomic E-state index is 0.0710. The third-order valence-corrected chi connectivity index (χ3v) is 7.29. The Hall–Kier alpha value is -3.25. The van der Waals surface area contributed by atoms with Gasteiger partial charge in [-0.2, -0.15) is 0 Å². The first kappa shape index (κ1) is 24.9. The zero-order chi connectivity index (χ0) is 24.8. The Morgan fingerprint density at radius 1 is 0.914 bits per heavy atom. The minimum atomic E-state index is -0.890. The van der Waals surface area contributed by atoms with Gasteiger partial charge in [-0.1, -0.05) is 36.4 Å². The van der Waals surface area contributed by atoms with Crippen LogP contribution in [0.2, 0.25) is 0 Å². The summed E-state index contributed by atoms with van der Waals surface area (Å²) in [5, 5.41) is 0. The van der Waals surface area contributed by atoms with E-state index in [0.29, 0.717) is 36.5 Å². The van der Waals surface area contributed by atoms with Crippen LogP contribution < -0.4 is 9.47 Å². The average Bonchev–Trinajstić information content (AvgIpc) is 3.27. The second-order valence-corrected chi connectivity index (χ2v) is 9.69. The molecule has 0 radical (unpaired) electrons. The lowest BCUT2D eigenvalue weighted by Gasteiger charge is -2.25. The van der Waals surface area contributed by atoms with E-state index in [-0.39, 0.29) is 18.2 Å². The van der Waals surface area contributed by atoms with E-state index in [2.05, 4.69) is 24.5 Å². The zero-order valence-corrected chi connectivity index (χ0v) is 21.2. The first-order valence-electron chi connectivity index (χ1n) is 11.6. The summed E-state index contributed by atoms with van der Waals surface area (Å²) in [4.78, 5) is 27.4. The van der Waals surface area contributed by atoms with Gasteiger partial charge in [0, 0.05) is 23.3 Å². The van der Waals surface area contributed by atoms with Crippen LogP contribution in [0, 0.1) is 5.41 Å². The number of ketones is 1. The molecule has 0 atom stereocenters. The lowest BCUT2D eigenvalue weighted by atomic mass is 9.78. The van der Waals surface area contributed by atoms with Crippen LogP contribution >= 0.6 is 11.8 Å². The molecule has 0 saturated heterocycles. The van der Waals surface area contributed by atoms with Crippen molar-refractivity contribution in [2.75, 3.05) is 27.1 Å². The van der Waals surface area contributed by atoms with Crippen LogP contribution in [-0.4, -0.2) is 38.8 Å². The molecule has 182 valence electrons. The van der Waals surface area contributed by atoms with E-state index in [1.54, 1.807) is 37.1 Å². The summed E-state index contributed by atoms with van der Waals surface area (Å²) in [5.74, 6) is 0.611. The van der Waals surface area contributed by atoms with Gasteiger partial charge in [-0.3, -0.25) is 9.59 Å². The van der Waals surface area contributed by atoms with Gasteiger partial charge in [-0.05, 0) is 66.1 Å². The first-order valence-corrected chi connectivity index (χ1v) is 12.8. The van der Waals surface area contributed by atoms with Crippen molar-refractivity contribution in [1.82, 2.24) is 0 Å². The molecule has 5 nitrogen and oxygen atoms in total. The topological polar surface area (TPSA) is 61.8 Å². The van der Waals surface area contributed by atoms with Crippen LogP contribution in [0.4, 0.5) is 0 Å². The molecule has 0 amide bonds. The Balaban J connectivity index is 1.49. The third-order valence-electron chi connectivity index (χ3n) is 6.56. The van der Waals surface area contributed by atoms with Crippen molar-refractivity contribution in [3.8, 4) is 11.5 Å². The van der Waals surface area contributed by atoms with E-state index < -0.39 is 5.41 Å². The van der Waals surface area contributed by atoms with Gasteiger partial charge in [0.25, 0.3) is 0 Å². The quantitative estimate of drug-likeness (QED) is 0.210. The summed E-state index contributed by atoms with van der Waals surface area (Å²) in [7, 11) is 2.96. The predicted molar refractivity (Wildman–Crippen MR) is 138 cm³/mol. The number of ether oxygens (including phenoxy) is 3. The second kappa shape index (κ2) is 11.0. The molecular weight excluding hydrogens is 460 g/mol. The smallest absolute Gasteiger partial charge is 0.312 e. The van der Waals surface area contributed by atoms with E-state index in [0.717, 1.165) is 17.5 Å². The van der Waals surface area contributed by atoms with Crippen molar-refractivity contribution in [2.24, 2.45) is 5.41 Å². The van der Waals surface area contributed by atoms with E-state index in [9.17, 15) is 9.59 Å². The highest BCUT2D eigenvalue weighted by Crippen LogP contribution is 2.42. The molecule has 0 N–H and O–H groups in total. The standard InChI is InChI=1S/C29H30O5S/c1-32-26-12-11-21(16-27(26)34-14-13-20-7-6-10-24(15-20)35-3)25(30)19-29(28(31)33-2)17-22-8-4-5-9-23(22)18-29/h4-12,15-16H,13-14,17-19H2,1-3H3. The van der Waals surface area contributed by atoms with E-state index >= 15 is 0 Å². The summed E-state index contributed by atoms with van der Waals surface area (Å²) in [6, 6.07) is 21.5. The Bertz CT molecular complexity index is 1190. The number of benzene rings is 3. The van der Waals surface area contributed by atoms with Gasteiger partial charge < -0.3 is 14.2 Å². The third kappa shape index (κ3) is 5.54. The number of hydrogen-bond donors (Lipinski definition) is 0. The molecule has 1 aliphatic rings. The number of carbonyl (C=O) groups is 2. The molecule has 4 rings (SSSR count). The van der Waals surface area contributed by atoms with Crippen molar-refractivity contribution >= 4 is 23.5 Å². The summed E-state index contributed by atoms with van der Waals surface area (Å²) in [5.41, 5.74) is 2.97. The maximum Gasteiger partial charge on any atom is 0.312 e. The number of fused-ring (bicyclic) bond motifs is 1. The molecule has 0 aromatic heterocycles. The SMILES string of the molecule is COC(=O)C1(CC(=O)c2ccc(OC)c(OCCc3cccc(SC)c3)c2)Cc2ccccc2C1. The Kier molecular flexibility index (Phi) is 7.81. The predicted octanol–water partition coefficient (Wildman–Crippen LogP) is 5.57.